The number of hydrogen-bond acceptors (Lipinski definition) is 5. The molecule has 1 rings (SSSR count). The van der Waals surface area contributed by atoms with E-state index in [9.17, 15) is 9.59 Å². The van der Waals surface area contributed by atoms with Gasteiger partial charge in [0.1, 0.15) is 11.3 Å². The molecule has 0 atom stereocenters. The highest BCUT2D eigenvalue weighted by Gasteiger charge is 2.15. The first-order valence-corrected chi connectivity index (χ1v) is 7.05. The van der Waals surface area contributed by atoms with Gasteiger partial charge in [0, 0.05) is 18.7 Å². The first kappa shape index (κ1) is 16.8. The number of amides is 1. The van der Waals surface area contributed by atoms with Crippen molar-refractivity contribution < 1.29 is 19.1 Å². The van der Waals surface area contributed by atoms with Gasteiger partial charge in [-0.15, -0.1) is 0 Å². The van der Waals surface area contributed by atoms with Crippen LogP contribution >= 0.6 is 0 Å². The van der Waals surface area contributed by atoms with E-state index in [2.05, 4.69) is 5.32 Å². The number of rotatable bonds is 8. The number of nitrogens with one attached hydrogen (secondary N) is 1. The number of nitrogens with two attached hydrogens (primary N) is 1. The van der Waals surface area contributed by atoms with Gasteiger partial charge in [0.05, 0.1) is 13.2 Å². The third-order valence-corrected chi connectivity index (χ3v) is 2.73. The molecule has 116 valence electrons. The third kappa shape index (κ3) is 5.33. The molecule has 0 aromatic heterocycles. The van der Waals surface area contributed by atoms with E-state index in [0.29, 0.717) is 43.2 Å². The number of nitrogen functional groups attached to an aromatic ring is 1. The Hall–Kier alpha value is -2.24. The van der Waals surface area contributed by atoms with Gasteiger partial charge in [-0.3, -0.25) is 9.59 Å². The Morgan fingerprint density at radius 2 is 2.00 bits per heavy atom. The van der Waals surface area contributed by atoms with Crippen LogP contribution in [0.5, 0.6) is 5.75 Å². The maximum Gasteiger partial charge on any atom is 0.305 e. The SMILES string of the molecule is CCOC(=O)CCCNC(=O)c1c(N)cccc1OCC. The van der Waals surface area contributed by atoms with Crippen molar-refractivity contribution in [2.75, 3.05) is 25.5 Å². The lowest BCUT2D eigenvalue weighted by Crippen LogP contribution is -2.26. The zero-order chi connectivity index (χ0) is 15.7. The van der Waals surface area contributed by atoms with Crippen LogP contribution in [-0.2, 0) is 9.53 Å². The van der Waals surface area contributed by atoms with Crippen LogP contribution in [0.2, 0.25) is 0 Å². The van der Waals surface area contributed by atoms with Crippen LogP contribution in [-0.4, -0.2) is 31.6 Å². The highest BCUT2D eigenvalue weighted by atomic mass is 16.5. The summed E-state index contributed by atoms with van der Waals surface area (Å²) in [5.74, 6) is -0.109. The quantitative estimate of drug-likeness (QED) is 0.433. The first-order chi connectivity index (χ1) is 10.1. The molecule has 0 aliphatic heterocycles. The monoisotopic (exact) mass is 294 g/mol. The summed E-state index contributed by atoms with van der Waals surface area (Å²) in [6, 6.07) is 5.08. The Morgan fingerprint density at radius 3 is 2.67 bits per heavy atom. The van der Waals surface area contributed by atoms with E-state index in [4.69, 9.17) is 15.2 Å². The molecule has 0 saturated heterocycles. The van der Waals surface area contributed by atoms with Crippen LogP contribution in [0.25, 0.3) is 0 Å². The summed E-state index contributed by atoms with van der Waals surface area (Å²) in [5, 5.41) is 2.73. The minimum atomic E-state index is -0.305. The van der Waals surface area contributed by atoms with Crippen molar-refractivity contribution >= 4 is 17.6 Å². The van der Waals surface area contributed by atoms with Crippen LogP contribution in [0.4, 0.5) is 5.69 Å². The van der Waals surface area contributed by atoms with Gasteiger partial charge in [-0.1, -0.05) is 6.07 Å². The molecule has 21 heavy (non-hydrogen) atoms. The van der Waals surface area contributed by atoms with E-state index < -0.39 is 0 Å². The van der Waals surface area contributed by atoms with Crippen LogP contribution in [0.3, 0.4) is 0 Å². The van der Waals surface area contributed by atoms with Crippen LogP contribution < -0.4 is 15.8 Å². The predicted octanol–water partition coefficient (Wildman–Crippen LogP) is 1.74. The fourth-order valence-corrected chi connectivity index (χ4v) is 1.82. The highest BCUT2D eigenvalue weighted by Crippen LogP contribution is 2.24. The standard InChI is InChI=1S/C15H22N2O4/c1-3-20-12-8-5-7-11(16)14(12)15(19)17-10-6-9-13(18)21-4-2/h5,7-8H,3-4,6,9-10,16H2,1-2H3,(H,17,19). The average Bonchev–Trinajstić information content (AvgIpc) is 2.44. The molecule has 0 radical (unpaired) electrons. The van der Waals surface area contributed by atoms with Gasteiger partial charge < -0.3 is 20.5 Å². The summed E-state index contributed by atoms with van der Waals surface area (Å²) >= 11 is 0. The predicted molar refractivity (Wildman–Crippen MR) is 80.2 cm³/mol. The number of carbonyl (C=O) groups is 2. The van der Waals surface area contributed by atoms with Crippen LogP contribution in [0.1, 0.15) is 37.0 Å². The minimum absolute atomic E-state index is 0.263. The molecule has 0 heterocycles. The van der Waals surface area contributed by atoms with E-state index in [0.717, 1.165) is 0 Å². The zero-order valence-corrected chi connectivity index (χ0v) is 12.5. The maximum absolute atomic E-state index is 12.1. The van der Waals surface area contributed by atoms with Crippen LogP contribution in [0, 0.1) is 0 Å². The van der Waals surface area contributed by atoms with Crippen molar-refractivity contribution in [2.45, 2.75) is 26.7 Å². The summed E-state index contributed by atoms with van der Waals surface area (Å²) < 4.78 is 10.2. The number of anilines is 1. The maximum atomic E-state index is 12.1. The van der Waals surface area contributed by atoms with Gasteiger partial charge in [-0.2, -0.15) is 0 Å². The third-order valence-electron chi connectivity index (χ3n) is 2.73. The van der Waals surface area contributed by atoms with Gasteiger partial charge >= 0.3 is 5.97 Å². The van der Waals surface area contributed by atoms with Gasteiger partial charge in [0.15, 0.2) is 0 Å². The van der Waals surface area contributed by atoms with E-state index >= 15 is 0 Å². The van der Waals surface area contributed by atoms with E-state index in [1.807, 2.05) is 6.92 Å². The summed E-state index contributed by atoms with van der Waals surface area (Å²) in [6.45, 7) is 4.78. The van der Waals surface area contributed by atoms with Crippen molar-refractivity contribution in [3.63, 3.8) is 0 Å². The molecule has 0 bridgehead atoms. The van der Waals surface area contributed by atoms with Crippen LogP contribution in [0.15, 0.2) is 18.2 Å². The number of hydrogen-bond donors (Lipinski definition) is 2. The molecule has 0 spiro atoms. The topological polar surface area (TPSA) is 90.7 Å². The molecule has 0 unspecified atom stereocenters. The zero-order valence-electron chi connectivity index (χ0n) is 12.5. The van der Waals surface area contributed by atoms with Gasteiger partial charge in [0.25, 0.3) is 5.91 Å². The Kier molecular flexibility index (Phi) is 7.08. The number of ether oxygens (including phenoxy) is 2. The second kappa shape index (κ2) is 8.84. The molecule has 0 saturated carbocycles. The molecule has 0 fully saturated rings. The molecular weight excluding hydrogens is 272 g/mol. The van der Waals surface area contributed by atoms with Crippen molar-refractivity contribution in [1.82, 2.24) is 5.32 Å². The Balaban J connectivity index is 2.54. The lowest BCUT2D eigenvalue weighted by molar-refractivity contribution is -0.143. The summed E-state index contributed by atoms with van der Waals surface area (Å²) in [7, 11) is 0. The van der Waals surface area contributed by atoms with Crippen molar-refractivity contribution in [3.8, 4) is 5.75 Å². The molecule has 1 aromatic carbocycles. The Morgan fingerprint density at radius 1 is 1.24 bits per heavy atom. The smallest absolute Gasteiger partial charge is 0.305 e. The molecule has 3 N–H and O–H groups in total. The second-order valence-corrected chi connectivity index (χ2v) is 4.32. The lowest BCUT2D eigenvalue weighted by Gasteiger charge is -2.12. The second-order valence-electron chi connectivity index (χ2n) is 4.32. The molecular formula is C15H22N2O4. The Bertz CT molecular complexity index is 489. The van der Waals surface area contributed by atoms with E-state index in [-0.39, 0.29) is 18.3 Å². The van der Waals surface area contributed by atoms with Crippen molar-refractivity contribution in [3.05, 3.63) is 23.8 Å². The molecule has 1 amide bonds. The van der Waals surface area contributed by atoms with Crippen molar-refractivity contribution in [2.24, 2.45) is 0 Å². The summed E-state index contributed by atoms with van der Waals surface area (Å²) in [4.78, 5) is 23.3. The first-order valence-electron chi connectivity index (χ1n) is 7.05. The molecule has 0 aliphatic carbocycles. The number of carbonyl (C=O) groups excluding carboxylic acids is 2. The largest absolute Gasteiger partial charge is 0.493 e. The van der Waals surface area contributed by atoms with E-state index in [1.54, 1.807) is 25.1 Å². The van der Waals surface area contributed by atoms with E-state index in [1.165, 1.54) is 0 Å². The van der Waals surface area contributed by atoms with Gasteiger partial charge in [-0.25, -0.2) is 0 Å². The number of esters is 1. The molecule has 0 aliphatic rings. The normalized spacial score (nSPS) is 10.0. The number of benzene rings is 1. The fraction of sp³-hybridized carbons (Fsp3) is 0.467. The Labute approximate surface area is 124 Å². The lowest BCUT2D eigenvalue weighted by atomic mass is 10.1. The fourth-order valence-electron chi connectivity index (χ4n) is 1.82. The van der Waals surface area contributed by atoms with Gasteiger partial charge in [-0.05, 0) is 32.4 Å². The summed E-state index contributed by atoms with van der Waals surface area (Å²) in [5.41, 5.74) is 6.52. The molecule has 6 nitrogen and oxygen atoms in total. The average molecular weight is 294 g/mol. The molecule has 6 heteroatoms. The molecule has 1 aromatic rings. The summed E-state index contributed by atoms with van der Waals surface area (Å²) in [6.07, 6.45) is 0.790. The van der Waals surface area contributed by atoms with Gasteiger partial charge in [0.2, 0.25) is 0 Å². The highest BCUT2D eigenvalue weighted by molar-refractivity contribution is 6.01. The minimum Gasteiger partial charge on any atom is -0.493 e. The van der Waals surface area contributed by atoms with Crippen molar-refractivity contribution in [1.29, 1.82) is 0 Å².